The van der Waals surface area contributed by atoms with E-state index in [1.165, 1.54) is 37.7 Å². The molecule has 0 unspecified atom stereocenters. The van der Waals surface area contributed by atoms with E-state index in [0.29, 0.717) is 12.5 Å². The summed E-state index contributed by atoms with van der Waals surface area (Å²) in [5, 5.41) is 10.9. The molecule has 2 rings (SSSR count). The first-order valence-electron chi connectivity index (χ1n) is 6.31. The van der Waals surface area contributed by atoms with Gasteiger partial charge in [-0.25, -0.2) is 4.79 Å². The van der Waals surface area contributed by atoms with Crippen LogP contribution in [-0.4, -0.2) is 11.2 Å². The fourth-order valence-electron chi connectivity index (χ4n) is 2.52. The summed E-state index contributed by atoms with van der Waals surface area (Å²) in [5.41, 5.74) is 2.43. The standard InChI is InChI=1S/C14H19NO2/c16-14(17)15-10-11-6-8-13(9-7-11)12-4-2-1-3-5-12/h6-9,12,15H,1-5,10H2,(H,16,17). The van der Waals surface area contributed by atoms with Crippen molar-refractivity contribution in [1.82, 2.24) is 5.32 Å². The molecule has 0 atom stereocenters. The van der Waals surface area contributed by atoms with Gasteiger partial charge in [0.25, 0.3) is 0 Å². The Kier molecular flexibility index (Phi) is 4.02. The molecule has 0 spiro atoms. The number of hydrogen-bond acceptors (Lipinski definition) is 1. The van der Waals surface area contributed by atoms with Crippen LogP contribution in [0.1, 0.15) is 49.1 Å². The van der Waals surface area contributed by atoms with E-state index < -0.39 is 6.09 Å². The van der Waals surface area contributed by atoms with E-state index in [2.05, 4.69) is 17.4 Å². The zero-order chi connectivity index (χ0) is 12.1. The van der Waals surface area contributed by atoms with Gasteiger partial charge < -0.3 is 10.4 Å². The second-order valence-corrected chi connectivity index (χ2v) is 4.74. The van der Waals surface area contributed by atoms with Gasteiger partial charge in [-0.05, 0) is 29.9 Å². The lowest BCUT2D eigenvalue weighted by Crippen LogP contribution is -2.19. The van der Waals surface area contributed by atoms with Crippen LogP contribution in [0, 0.1) is 0 Å². The highest BCUT2D eigenvalue weighted by atomic mass is 16.4. The summed E-state index contributed by atoms with van der Waals surface area (Å²) in [7, 11) is 0. The van der Waals surface area contributed by atoms with Gasteiger partial charge in [0.05, 0.1) is 0 Å². The molecular weight excluding hydrogens is 214 g/mol. The molecule has 1 aromatic rings. The van der Waals surface area contributed by atoms with Crippen molar-refractivity contribution in [2.45, 2.75) is 44.6 Å². The van der Waals surface area contributed by atoms with Crippen LogP contribution in [0.2, 0.25) is 0 Å². The molecule has 0 bridgehead atoms. The van der Waals surface area contributed by atoms with Gasteiger partial charge in [0.1, 0.15) is 0 Å². The van der Waals surface area contributed by atoms with E-state index in [4.69, 9.17) is 5.11 Å². The van der Waals surface area contributed by atoms with Gasteiger partial charge in [0, 0.05) is 6.54 Å². The van der Waals surface area contributed by atoms with Crippen LogP contribution >= 0.6 is 0 Å². The Hall–Kier alpha value is -1.51. The van der Waals surface area contributed by atoms with Crippen LogP contribution in [-0.2, 0) is 6.54 Å². The zero-order valence-electron chi connectivity index (χ0n) is 9.98. The number of carboxylic acid groups (broad SMARTS) is 1. The second kappa shape index (κ2) is 5.71. The zero-order valence-corrected chi connectivity index (χ0v) is 9.98. The summed E-state index contributed by atoms with van der Waals surface area (Å²) in [6.45, 7) is 0.389. The van der Waals surface area contributed by atoms with Crippen molar-refractivity contribution < 1.29 is 9.90 Å². The van der Waals surface area contributed by atoms with E-state index in [0.717, 1.165) is 5.56 Å². The van der Waals surface area contributed by atoms with Crippen molar-refractivity contribution in [3.05, 3.63) is 35.4 Å². The van der Waals surface area contributed by atoms with Crippen molar-refractivity contribution in [3.63, 3.8) is 0 Å². The molecule has 0 heterocycles. The Morgan fingerprint density at radius 1 is 1.18 bits per heavy atom. The molecule has 0 aliphatic heterocycles. The number of benzene rings is 1. The molecule has 1 fully saturated rings. The van der Waals surface area contributed by atoms with Crippen molar-refractivity contribution >= 4 is 6.09 Å². The molecule has 2 N–H and O–H groups in total. The summed E-state index contributed by atoms with van der Waals surface area (Å²) < 4.78 is 0. The lowest BCUT2D eigenvalue weighted by Gasteiger charge is -2.22. The van der Waals surface area contributed by atoms with Crippen LogP contribution in [0.4, 0.5) is 4.79 Å². The number of nitrogens with one attached hydrogen (secondary N) is 1. The largest absolute Gasteiger partial charge is 0.465 e. The monoisotopic (exact) mass is 233 g/mol. The van der Waals surface area contributed by atoms with Crippen molar-refractivity contribution in [2.75, 3.05) is 0 Å². The quantitative estimate of drug-likeness (QED) is 0.839. The van der Waals surface area contributed by atoms with Crippen LogP contribution in [0.5, 0.6) is 0 Å². The Bertz CT molecular complexity index is 366. The second-order valence-electron chi connectivity index (χ2n) is 4.74. The van der Waals surface area contributed by atoms with Gasteiger partial charge in [-0.2, -0.15) is 0 Å². The topological polar surface area (TPSA) is 49.3 Å². The summed E-state index contributed by atoms with van der Waals surface area (Å²) in [6.07, 6.45) is 5.68. The minimum atomic E-state index is -0.971. The highest BCUT2D eigenvalue weighted by Crippen LogP contribution is 2.32. The third kappa shape index (κ3) is 3.48. The normalized spacial score (nSPS) is 16.7. The van der Waals surface area contributed by atoms with Crippen molar-refractivity contribution in [3.8, 4) is 0 Å². The lowest BCUT2D eigenvalue weighted by molar-refractivity contribution is 0.194. The Labute approximate surface area is 102 Å². The predicted octanol–water partition coefficient (Wildman–Crippen LogP) is 3.50. The molecule has 1 aromatic carbocycles. The van der Waals surface area contributed by atoms with Crippen molar-refractivity contribution in [1.29, 1.82) is 0 Å². The van der Waals surface area contributed by atoms with Gasteiger partial charge in [-0.3, -0.25) is 0 Å². The average Bonchev–Trinajstić information content (AvgIpc) is 2.38. The molecule has 1 aliphatic carbocycles. The van der Waals surface area contributed by atoms with Gasteiger partial charge >= 0.3 is 6.09 Å². The fourth-order valence-corrected chi connectivity index (χ4v) is 2.52. The highest BCUT2D eigenvalue weighted by molar-refractivity contribution is 5.64. The number of carbonyl (C=O) groups is 1. The lowest BCUT2D eigenvalue weighted by atomic mass is 9.84. The van der Waals surface area contributed by atoms with Gasteiger partial charge in [0.2, 0.25) is 0 Å². The number of hydrogen-bond donors (Lipinski definition) is 2. The first-order valence-corrected chi connectivity index (χ1v) is 6.31. The molecule has 1 aliphatic rings. The molecule has 3 nitrogen and oxygen atoms in total. The van der Waals surface area contributed by atoms with E-state index >= 15 is 0 Å². The molecule has 17 heavy (non-hydrogen) atoms. The maximum atomic E-state index is 10.4. The number of amides is 1. The molecule has 1 amide bonds. The maximum absolute atomic E-state index is 10.4. The summed E-state index contributed by atoms with van der Waals surface area (Å²) in [4.78, 5) is 10.4. The molecule has 92 valence electrons. The molecule has 0 aromatic heterocycles. The minimum absolute atomic E-state index is 0.389. The third-order valence-electron chi connectivity index (χ3n) is 3.50. The Balaban J connectivity index is 1.94. The summed E-state index contributed by atoms with van der Waals surface area (Å²) >= 11 is 0. The van der Waals surface area contributed by atoms with Crippen LogP contribution in [0.25, 0.3) is 0 Å². The number of rotatable bonds is 3. The molecule has 0 saturated heterocycles. The van der Waals surface area contributed by atoms with Crippen LogP contribution in [0.15, 0.2) is 24.3 Å². The summed E-state index contributed by atoms with van der Waals surface area (Å²) in [6, 6.07) is 8.35. The first kappa shape index (κ1) is 12.0. The van der Waals surface area contributed by atoms with E-state index in [1.807, 2.05) is 12.1 Å². The molecular formula is C14H19NO2. The molecule has 1 saturated carbocycles. The van der Waals surface area contributed by atoms with Gasteiger partial charge in [-0.15, -0.1) is 0 Å². The fraction of sp³-hybridized carbons (Fsp3) is 0.500. The van der Waals surface area contributed by atoms with Gasteiger partial charge in [-0.1, -0.05) is 43.5 Å². The van der Waals surface area contributed by atoms with Gasteiger partial charge in [0.15, 0.2) is 0 Å². The maximum Gasteiger partial charge on any atom is 0.404 e. The minimum Gasteiger partial charge on any atom is -0.465 e. The Morgan fingerprint density at radius 3 is 2.41 bits per heavy atom. The summed E-state index contributed by atoms with van der Waals surface area (Å²) in [5.74, 6) is 0.713. The third-order valence-corrected chi connectivity index (χ3v) is 3.50. The molecule has 0 radical (unpaired) electrons. The first-order chi connectivity index (χ1) is 8.25. The van der Waals surface area contributed by atoms with Crippen LogP contribution in [0.3, 0.4) is 0 Å². The van der Waals surface area contributed by atoms with E-state index in [-0.39, 0.29) is 0 Å². The average molecular weight is 233 g/mol. The molecule has 3 heteroatoms. The van der Waals surface area contributed by atoms with Crippen LogP contribution < -0.4 is 5.32 Å². The smallest absolute Gasteiger partial charge is 0.404 e. The van der Waals surface area contributed by atoms with E-state index in [1.54, 1.807) is 0 Å². The SMILES string of the molecule is O=C(O)NCc1ccc(C2CCCCC2)cc1. The van der Waals surface area contributed by atoms with E-state index in [9.17, 15) is 4.79 Å². The predicted molar refractivity (Wildman–Crippen MR) is 67.1 cm³/mol. The van der Waals surface area contributed by atoms with Crippen molar-refractivity contribution in [2.24, 2.45) is 0 Å². The Morgan fingerprint density at radius 2 is 1.82 bits per heavy atom. The highest BCUT2D eigenvalue weighted by Gasteiger charge is 2.14.